The highest BCUT2D eigenvalue weighted by Gasteiger charge is 2.35. The number of aromatic nitrogens is 3. The number of nitrogens with zero attached hydrogens (tertiary/aromatic N) is 4. The Morgan fingerprint density at radius 3 is 2.90 bits per heavy atom. The lowest BCUT2D eigenvalue weighted by atomic mass is 10.0. The summed E-state index contributed by atoms with van der Waals surface area (Å²) in [6, 6.07) is -0.935. The Hall–Kier alpha value is -1.92. The molecule has 1 aromatic heterocycles. The van der Waals surface area contributed by atoms with Crippen molar-refractivity contribution < 1.29 is 14.3 Å². The zero-order valence-corrected chi connectivity index (χ0v) is 11.9. The maximum Gasteiger partial charge on any atom is 0.328 e. The van der Waals surface area contributed by atoms with Gasteiger partial charge in [-0.1, -0.05) is 0 Å². The molecular formula is C13H20N4O3. The minimum atomic E-state index is -0.470. The Morgan fingerprint density at radius 1 is 1.45 bits per heavy atom. The van der Waals surface area contributed by atoms with Gasteiger partial charge < -0.3 is 9.64 Å². The Labute approximate surface area is 117 Å². The molecular weight excluding hydrogens is 260 g/mol. The van der Waals surface area contributed by atoms with Crippen LogP contribution in [-0.2, 0) is 14.3 Å². The Bertz CT molecular complexity index is 460. The third kappa shape index (κ3) is 2.97. The third-order valence-corrected chi connectivity index (χ3v) is 3.54. The summed E-state index contributed by atoms with van der Waals surface area (Å²) in [5.41, 5.74) is 0. The first-order chi connectivity index (χ1) is 9.65. The van der Waals surface area contributed by atoms with Gasteiger partial charge in [-0.05, 0) is 33.1 Å². The van der Waals surface area contributed by atoms with Crippen LogP contribution in [0.3, 0.4) is 0 Å². The van der Waals surface area contributed by atoms with E-state index in [-0.39, 0.29) is 11.9 Å². The molecule has 0 saturated carbocycles. The molecule has 2 heterocycles. The number of amides is 1. The van der Waals surface area contributed by atoms with Gasteiger partial charge in [0.1, 0.15) is 24.7 Å². The van der Waals surface area contributed by atoms with Crippen LogP contribution in [-0.4, -0.2) is 50.7 Å². The van der Waals surface area contributed by atoms with Crippen molar-refractivity contribution in [2.24, 2.45) is 0 Å². The van der Waals surface area contributed by atoms with Gasteiger partial charge in [0.15, 0.2) is 0 Å². The van der Waals surface area contributed by atoms with Crippen LogP contribution in [0.25, 0.3) is 0 Å². The van der Waals surface area contributed by atoms with Gasteiger partial charge in [0.05, 0.1) is 6.61 Å². The second-order valence-corrected chi connectivity index (χ2v) is 4.85. The average Bonchev–Trinajstić information content (AvgIpc) is 3.00. The van der Waals surface area contributed by atoms with E-state index in [1.54, 1.807) is 18.7 Å². The summed E-state index contributed by atoms with van der Waals surface area (Å²) in [5, 5.41) is 3.98. The van der Waals surface area contributed by atoms with E-state index in [0.29, 0.717) is 19.6 Å². The Balaban J connectivity index is 2.11. The molecule has 1 amide bonds. The van der Waals surface area contributed by atoms with E-state index in [1.807, 2.05) is 0 Å². The van der Waals surface area contributed by atoms with Crippen molar-refractivity contribution in [3.63, 3.8) is 0 Å². The summed E-state index contributed by atoms with van der Waals surface area (Å²) in [5.74, 6) is -0.431. The topological polar surface area (TPSA) is 77.3 Å². The third-order valence-electron chi connectivity index (χ3n) is 3.54. The first-order valence-electron chi connectivity index (χ1n) is 6.96. The lowest BCUT2D eigenvalue weighted by Crippen LogP contribution is -2.50. The number of ether oxygens (including phenoxy) is 1. The average molecular weight is 280 g/mol. The molecule has 2 atom stereocenters. The van der Waals surface area contributed by atoms with E-state index in [9.17, 15) is 9.59 Å². The number of piperidine rings is 1. The molecule has 1 aromatic rings. The van der Waals surface area contributed by atoms with Crippen LogP contribution in [0.4, 0.5) is 0 Å². The van der Waals surface area contributed by atoms with Gasteiger partial charge in [0, 0.05) is 6.54 Å². The fraction of sp³-hybridized carbons (Fsp3) is 0.692. The van der Waals surface area contributed by atoms with Gasteiger partial charge in [-0.2, -0.15) is 5.10 Å². The molecule has 2 unspecified atom stereocenters. The number of esters is 1. The van der Waals surface area contributed by atoms with E-state index >= 15 is 0 Å². The van der Waals surface area contributed by atoms with Crippen LogP contribution in [0, 0.1) is 0 Å². The highest BCUT2D eigenvalue weighted by Crippen LogP contribution is 2.21. The molecule has 7 heteroatoms. The monoisotopic (exact) mass is 280 g/mol. The highest BCUT2D eigenvalue weighted by atomic mass is 16.5. The van der Waals surface area contributed by atoms with Crippen LogP contribution >= 0.6 is 0 Å². The van der Waals surface area contributed by atoms with Crippen molar-refractivity contribution in [1.82, 2.24) is 19.7 Å². The molecule has 1 saturated heterocycles. The smallest absolute Gasteiger partial charge is 0.328 e. The first-order valence-corrected chi connectivity index (χ1v) is 6.96. The lowest BCUT2D eigenvalue weighted by Gasteiger charge is -2.35. The minimum absolute atomic E-state index is 0.117. The minimum Gasteiger partial charge on any atom is -0.464 e. The van der Waals surface area contributed by atoms with Crippen LogP contribution < -0.4 is 0 Å². The number of hydrogen-bond donors (Lipinski definition) is 0. The molecule has 20 heavy (non-hydrogen) atoms. The van der Waals surface area contributed by atoms with Gasteiger partial charge in [-0.3, -0.25) is 4.79 Å². The molecule has 1 aliphatic rings. The highest BCUT2D eigenvalue weighted by molar-refractivity contribution is 5.86. The summed E-state index contributed by atoms with van der Waals surface area (Å²) in [6.45, 7) is 4.44. The van der Waals surface area contributed by atoms with E-state index < -0.39 is 12.1 Å². The Kier molecular flexibility index (Phi) is 4.70. The summed E-state index contributed by atoms with van der Waals surface area (Å²) < 4.78 is 6.56. The van der Waals surface area contributed by atoms with Gasteiger partial charge in [-0.25, -0.2) is 14.5 Å². The predicted octanol–water partition coefficient (Wildman–Crippen LogP) is 0.783. The normalized spacial score (nSPS) is 20.5. The van der Waals surface area contributed by atoms with Gasteiger partial charge >= 0.3 is 5.97 Å². The molecule has 0 aromatic carbocycles. The summed E-state index contributed by atoms with van der Waals surface area (Å²) >= 11 is 0. The quantitative estimate of drug-likeness (QED) is 0.762. The number of carbonyl (C=O) groups is 2. The molecule has 1 aliphatic heterocycles. The molecule has 1 fully saturated rings. The van der Waals surface area contributed by atoms with Crippen molar-refractivity contribution in [2.75, 3.05) is 13.2 Å². The molecule has 0 spiro atoms. The molecule has 7 nitrogen and oxygen atoms in total. The Morgan fingerprint density at radius 2 is 2.25 bits per heavy atom. The summed E-state index contributed by atoms with van der Waals surface area (Å²) in [7, 11) is 0. The largest absolute Gasteiger partial charge is 0.464 e. The van der Waals surface area contributed by atoms with Crippen LogP contribution in [0.15, 0.2) is 12.7 Å². The summed E-state index contributed by atoms with van der Waals surface area (Å²) in [6.07, 6.45) is 5.40. The molecule has 110 valence electrons. The SMILES string of the molecule is CCOC(=O)C1CCCCN1C(=O)C(C)n1cncn1. The lowest BCUT2D eigenvalue weighted by molar-refractivity contribution is -0.157. The van der Waals surface area contributed by atoms with Gasteiger partial charge in [0.25, 0.3) is 0 Å². The molecule has 0 radical (unpaired) electrons. The number of rotatable bonds is 4. The van der Waals surface area contributed by atoms with Crippen LogP contribution in [0.1, 0.15) is 39.2 Å². The van der Waals surface area contributed by atoms with Gasteiger partial charge in [-0.15, -0.1) is 0 Å². The zero-order valence-electron chi connectivity index (χ0n) is 11.9. The van der Waals surface area contributed by atoms with E-state index in [4.69, 9.17) is 4.74 Å². The second-order valence-electron chi connectivity index (χ2n) is 4.85. The predicted molar refractivity (Wildman–Crippen MR) is 70.7 cm³/mol. The van der Waals surface area contributed by atoms with E-state index in [1.165, 1.54) is 17.3 Å². The van der Waals surface area contributed by atoms with Crippen molar-refractivity contribution in [3.05, 3.63) is 12.7 Å². The molecule has 0 aliphatic carbocycles. The number of carbonyl (C=O) groups excluding carboxylic acids is 2. The van der Waals surface area contributed by atoms with Crippen LogP contribution in [0.2, 0.25) is 0 Å². The van der Waals surface area contributed by atoms with Crippen molar-refractivity contribution in [1.29, 1.82) is 0 Å². The van der Waals surface area contributed by atoms with Crippen molar-refractivity contribution in [3.8, 4) is 0 Å². The van der Waals surface area contributed by atoms with Gasteiger partial charge in [0.2, 0.25) is 5.91 Å². The van der Waals surface area contributed by atoms with E-state index in [2.05, 4.69) is 10.1 Å². The first kappa shape index (κ1) is 14.5. The molecule has 0 bridgehead atoms. The summed E-state index contributed by atoms with van der Waals surface area (Å²) in [4.78, 5) is 30.0. The maximum absolute atomic E-state index is 12.5. The van der Waals surface area contributed by atoms with Crippen molar-refractivity contribution >= 4 is 11.9 Å². The molecule has 2 rings (SSSR count). The van der Waals surface area contributed by atoms with Crippen molar-refractivity contribution in [2.45, 2.75) is 45.2 Å². The second kappa shape index (κ2) is 6.49. The standard InChI is InChI=1S/C13H20N4O3/c1-3-20-13(19)11-6-4-5-7-16(11)12(18)10(2)17-9-14-8-15-17/h8-11H,3-7H2,1-2H3. The molecule has 0 N–H and O–H groups in total. The number of likely N-dealkylation sites (tertiary alicyclic amines) is 1. The maximum atomic E-state index is 12.5. The number of hydrogen-bond acceptors (Lipinski definition) is 5. The zero-order chi connectivity index (χ0) is 14.5. The fourth-order valence-corrected chi connectivity index (χ4v) is 2.45. The van der Waals surface area contributed by atoms with E-state index in [0.717, 1.165) is 12.8 Å². The van der Waals surface area contributed by atoms with Crippen LogP contribution in [0.5, 0.6) is 0 Å². The fourth-order valence-electron chi connectivity index (χ4n) is 2.45.